The molecule has 0 saturated carbocycles. The van der Waals surface area contributed by atoms with E-state index in [1.165, 1.54) is 24.1 Å². The fraction of sp³-hybridized carbons (Fsp3) is 0.375. The Bertz CT molecular complexity index is 839. The van der Waals surface area contributed by atoms with Crippen molar-refractivity contribution >= 4 is 11.9 Å². The Kier molecular flexibility index (Phi) is 5.58. The number of aromatic nitrogens is 3. The minimum atomic E-state index is -0.923. The van der Waals surface area contributed by atoms with Gasteiger partial charge in [0.1, 0.15) is 18.3 Å². The standard InChI is InChI=1S/C16H20N4O5/c1-9-4-11(21)5-15(23)20(9)7-14(22)19-13(16(24)25-3)6-12-10(2)17-8-18-12/h4-5,8,13,21H,6-7H2,1-3H3,(H,17,18)(H,19,22). The van der Waals surface area contributed by atoms with Crippen molar-refractivity contribution in [3.63, 3.8) is 0 Å². The number of H-pyrrole nitrogens is 1. The van der Waals surface area contributed by atoms with Crippen molar-refractivity contribution in [3.8, 4) is 5.75 Å². The molecule has 0 radical (unpaired) electrons. The van der Waals surface area contributed by atoms with Crippen LogP contribution in [0.25, 0.3) is 0 Å². The van der Waals surface area contributed by atoms with E-state index in [1.807, 2.05) is 0 Å². The van der Waals surface area contributed by atoms with Crippen molar-refractivity contribution in [3.05, 3.63) is 45.9 Å². The number of aromatic hydroxyl groups is 1. The fourth-order valence-corrected chi connectivity index (χ4v) is 2.42. The van der Waals surface area contributed by atoms with E-state index in [9.17, 15) is 19.5 Å². The molecule has 2 heterocycles. The van der Waals surface area contributed by atoms with E-state index in [2.05, 4.69) is 15.3 Å². The first-order valence-corrected chi connectivity index (χ1v) is 7.58. The number of aryl methyl sites for hydroxylation is 2. The molecule has 2 aromatic rings. The van der Waals surface area contributed by atoms with Crippen LogP contribution in [0.5, 0.6) is 5.75 Å². The van der Waals surface area contributed by atoms with Gasteiger partial charge in [0.25, 0.3) is 5.56 Å². The number of amides is 1. The lowest BCUT2D eigenvalue weighted by Gasteiger charge is -2.17. The van der Waals surface area contributed by atoms with Crippen molar-refractivity contribution in [2.75, 3.05) is 7.11 Å². The second kappa shape index (κ2) is 7.65. The van der Waals surface area contributed by atoms with Crippen molar-refractivity contribution in [2.45, 2.75) is 32.9 Å². The van der Waals surface area contributed by atoms with Gasteiger partial charge in [0, 0.05) is 23.9 Å². The second-order valence-corrected chi connectivity index (χ2v) is 5.60. The summed E-state index contributed by atoms with van der Waals surface area (Å²) in [5.74, 6) is -1.30. The van der Waals surface area contributed by atoms with E-state index >= 15 is 0 Å². The molecular formula is C16H20N4O5. The molecule has 0 aliphatic rings. The van der Waals surface area contributed by atoms with Crippen LogP contribution in [0.4, 0.5) is 0 Å². The Morgan fingerprint density at radius 2 is 2.12 bits per heavy atom. The zero-order valence-corrected chi connectivity index (χ0v) is 14.2. The zero-order valence-electron chi connectivity index (χ0n) is 14.2. The molecule has 9 heteroatoms. The molecule has 2 rings (SSSR count). The third kappa shape index (κ3) is 4.46. The lowest BCUT2D eigenvalue weighted by Crippen LogP contribution is -2.45. The number of carbonyl (C=O) groups excluding carboxylic acids is 2. The molecule has 134 valence electrons. The highest BCUT2D eigenvalue weighted by Crippen LogP contribution is 2.08. The van der Waals surface area contributed by atoms with Gasteiger partial charge in [0.05, 0.1) is 19.1 Å². The number of hydrogen-bond acceptors (Lipinski definition) is 6. The van der Waals surface area contributed by atoms with E-state index in [4.69, 9.17) is 4.74 Å². The average Bonchev–Trinajstić information content (AvgIpc) is 2.94. The van der Waals surface area contributed by atoms with Crippen LogP contribution in [0.1, 0.15) is 17.1 Å². The van der Waals surface area contributed by atoms with Crippen LogP contribution in [-0.2, 0) is 27.3 Å². The van der Waals surface area contributed by atoms with Crippen LogP contribution < -0.4 is 10.9 Å². The van der Waals surface area contributed by atoms with Crippen LogP contribution in [-0.4, -0.2) is 44.7 Å². The summed E-state index contributed by atoms with van der Waals surface area (Å²) in [6, 6.07) is 1.47. The first kappa shape index (κ1) is 18.2. The topological polar surface area (TPSA) is 126 Å². The van der Waals surface area contributed by atoms with Gasteiger partial charge in [-0.3, -0.25) is 9.59 Å². The van der Waals surface area contributed by atoms with Gasteiger partial charge < -0.3 is 24.7 Å². The van der Waals surface area contributed by atoms with Crippen molar-refractivity contribution in [2.24, 2.45) is 0 Å². The summed E-state index contributed by atoms with van der Waals surface area (Å²) in [5, 5.41) is 11.9. The van der Waals surface area contributed by atoms with Gasteiger partial charge in [-0.1, -0.05) is 0 Å². The molecule has 1 amide bonds. The molecule has 0 aromatic carbocycles. The normalized spacial score (nSPS) is 11.8. The maximum atomic E-state index is 12.3. The summed E-state index contributed by atoms with van der Waals surface area (Å²) < 4.78 is 5.92. The van der Waals surface area contributed by atoms with Crippen LogP contribution in [0.2, 0.25) is 0 Å². The lowest BCUT2D eigenvalue weighted by molar-refractivity contribution is -0.145. The number of nitrogens with one attached hydrogen (secondary N) is 2. The maximum Gasteiger partial charge on any atom is 0.328 e. The maximum absolute atomic E-state index is 12.3. The summed E-state index contributed by atoms with van der Waals surface area (Å²) in [7, 11) is 1.23. The summed E-state index contributed by atoms with van der Waals surface area (Å²) in [4.78, 5) is 43.1. The minimum Gasteiger partial charge on any atom is -0.508 e. The number of pyridine rings is 1. The molecule has 3 N–H and O–H groups in total. The molecule has 0 fully saturated rings. The largest absolute Gasteiger partial charge is 0.508 e. The number of methoxy groups -OCH3 is 1. The van der Waals surface area contributed by atoms with Crippen molar-refractivity contribution in [1.29, 1.82) is 0 Å². The van der Waals surface area contributed by atoms with Crippen LogP contribution in [0, 0.1) is 13.8 Å². The lowest BCUT2D eigenvalue weighted by atomic mass is 10.1. The van der Waals surface area contributed by atoms with Crippen LogP contribution in [0.15, 0.2) is 23.3 Å². The molecule has 2 aromatic heterocycles. The quantitative estimate of drug-likeness (QED) is 0.620. The Balaban J connectivity index is 2.13. The van der Waals surface area contributed by atoms with E-state index in [0.29, 0.717) is 11.4 Å². The molecule has 0 bridgehead atoms. The number of imidazole rings is 1. The number of ether oxygens (including phenoxy) is 1. The Labute approximate surface area is 143 Å². The second-order valence-electron chi connectivity index (χ2n) is 5.60. The van der Waals surface area contributed by atoms with Gasteiger partial charge in [-0.25, -0.2) is 9.78 Å². The molecule has 0 aliphatic carbocycles. The predicted octanol–water partition coefficient (Wildman–Crippen LogP) is -0.206. The van der Waals surface area contributed by atoms with E-state index in [0.717, 1.165) is 11.8 Å². The highest BCUT2D eigenvalue weighted by atomic mass is 16.5. The highest BCUT2D eigenvalue weighted by molar-refractivity contribution is 5.84. The number of nitrogens with zero attached hydrogens (tertiary/aromatic N) is 2. The van der Waals surface area contributed by atoms with Gasteiger partial charge in [-0.2, -0.15) is 0 Å². The Morgan fingerprint density at radius 3 is 2.68 bits per heavy atom. The monoisotopic (exact) mass is 348 g/mol. The predicted molar refractivity (Wildman–Crippen MR) is 88.1 cm³/mol. The molecule has 1 unspecified atom stereocenters. The van der Waals surface area contributed by atoms with Crippen LogP contribution in [0.3, 0.4) is 0 Å². The molecule has 1 atom stereocenters. The Hall–Kier alpha value is -3.10. The van der Waals surface area contributed by atoms with Gasteiger partial charge >= 0.3 is 5.97 Å². The molecule has 25 heavy (non-hydrogen) atoms. The van der Waals surface area contributed by atoms with Crippen molar-refractivity contribution in [1.82, 2.24) is 19.9 Å². The summed E-state index contributed by atoms with van der Waals surface area (Å²) in [5.41, 5.74) is 1.34. The number of rotatable bonds is 6. The van der Waals surface area contributed by atoms with Gasteiger partial charge in [-0.15, -0.1) is 0 Å². The average molecular weight is 348 g/mol. The fourth-order valence-electron chi connectivity index (χ4n) is 2.42. The summed E-state index contributed by atoms with van der Waals surface area (Å²) in [6.45, 7) is 3.12. The van der Waals surface area contributed by atoms with E-state index in [-0.39, 0.29) is 18.7 Å². The zero-order chi connectivity index (χ0) is 18.6. The first-order valence-electron chi connectivity index (χ1n) is 7.58. The number of esters is 1. The van der Waals surface area contributed by atoms with Gasteiger partial charge in [0.2, 0.25) is 5.91 Å². The third-order valence-electron chi connectivity index (χ3n) is 3.77. The van der Waals surface area contributed by atoms with E-state index < -0.39 is 23.5 Å². The number of carbonyl (C=O) groups is 2. The highest BCUT2D eigenvalue weighted by Gasteiger charge is 2.24. The van der Waals surface area contributed by atoms with Crippen LogP contribution >= 0.6 is 0 Å². The first-order chi connectivity index (χ1) is 11.8. The molecule has 0 saturated heterocycles. The van der Waals surface area contributed by atoms with Crippen molar-refractivity contribution < 1.29 is 19.4 Å². The number of aromatic amines is 1. The number of hydrogen-bond donors (Lipinski definition) is 3. The summed E-state index contributed by atoms with van der Waals surface area (Å²) >= 11 is 0. The van der Waals surface area contributed by atoms with Gasteiger partial charge in [0.15, 0.2) is 0 Å². The van der Waals surface area contributed by atoms with Gasteiger partial charge in [-0.05, 0) is 19.9 Å². The molecular weight excluding hydrogens is 328 g/mol. The third-order valence-corrected chi connectivity index (χ3v) is 3.77. The smallest absolute Gasteiger partial charge is 0.328 e. The summed E-state index contributed by atoms with van der Waals surface area (Å²) in [6.07, 6.45) is 1.66. The van der Waals surface area contributed by atoms with E-state index in [1.54, 1.807) is 13.8 Å². The molecule has 0 spiro atoms. The SMILES string of the molecule is COC(=O)C(Cc1nc[nH]c1C)NC(=O)Cn1c(C)cc(O)cc1=O. The molecule has 9 nitrogen and oxygen atoms in total. The Morgan fingerprint density at radius 1 is 1.40 bits per heavy atom. The molecule has 0 aliphatic heterocycles. The minimum absolute atomic E-state index is 0.164.